The SMILES string of the molecule is N#CCNCC(=O)N1CCNCC1. The lowest BCUT2D eigenvalue weighted by Gasteiger charge is -2.27. The number of carbonyl (C=O) groups excluding carboxylic acids is 1. The van der Waals surface area contributed by atoms with Crippen molar-refractivity contribution >= 4 is 5.91 Å². The van der Waals surface area contributed by atoms with Gasteiger partial charge in [0.1, 0.15) is 0 Å². The summed E-state index contributed by atoms with van der Waals surface area (Å²) in [6.07, 6.45) is 0. The van der Waals surface area contributed by atoms with Gasteiger partial charge >= 0.3 is 0 Å². The number of hydrogen-bond donors (Lipinski definition) is 2. The normalized spacial score (nSPS) is 16.7. The van der Waals surface area contributed by atoms with Crippen molar-refractivity contribution in [3.63, 3.8) is 0 Å². The summed E-state index contributed by atoms with van der Waals surface area (Å²) < 4.78 is 0. The third kappa shape index (κ3) is 3.40. The highest BCUT2D eigenvalue weighted by Gasteiger charge is 2.14. The fourth-order valence-corrected chi connectivity index (χ4v) is 1.25. The molecule has 0 aromatic heterocycles. The minimum atomic E-state index is 0.0803. The van der Waals surface area contributed by atoms with E-state index in [1.54, 1.807) is 4.90 Å². The van der Waals surface area contributed by atoms with Crippen LogP contribution in [0.2, 0.25) is 0 Å². The summed E-state index contributed by atoms with van der Waals surface area (Å²) in [5.41, 5.74) is 0. The topological polar surface area (TPSA) is 68.2 Å². The van der Waals surface area contributed by atoms with E-state index in [4.69, 9.17) is 5.26 Å². The third-order valence-electron chi connectivity index (χ3n) is 1.95. The number of nitrogens with zero attached hydrogens (tertiary/aromatic N) is 2. The van der Waals surface area contributed by atoms with Gasteiger partial charge < -0.3 is 10.2 Å². The zero-order chi connectivity index (χ0) is 9.52. The summed E-state index contributed by atoms with van der Waals surface area (Å²) in [4.78, 5) is 13.2. The Bertz CT molecular complexity index is 205. The number of carbonyl (C=O) groups is 1. The molecule has 0 unspecified atom stereocenters. The Morgan fingerprint density at radius 2 is 2.23 bits per heavy atom. The largest absolute Gasteiger partial charge is 0.339 e. The fraction of sp³-hybridized carbons (Fsp3) is 0.750. The van der Waals surface area contributed by atoms with E-state index >= 15 is 0 Å². The highest BCUT2D eigenvalue weighted by atomic mass is 16.2. The molecule has 5 heteroatoms. The Labute approximate surface area is 77.7 Å². The molecule has 1 amide bonds. The fourth-order valence-electron chi connectivity index (χ4n) is 1.25. The van der Waals surface area contributed by atoms with Crippen molar-refractivity contribution in [2.45, 2.75) is 0 Å². The molecule has 2 N–H and O–H groups in total. The first kappa shape index (κ1) is 9.96. The highest BCUT2D eigenvalue weighted by molar-refractivity contribution is 5.78. The van der Waals surface area contributed by atoms with E-state index in [9.17, 15) is 4.79 Å². The van der Waals surface area contributed by atoms with Crippen LogP contribution in [0.4, 0.5) is 0 Å². The maximum absolute atomic E-state index is 11.4. The van der Waals surface area contributed by atoms with Gasteiger partial charge in [-0.05, 0) is 0 Å². The first-order valence-corrected chi connectivity index (χ1v) is 4.41. The van der Waals surface area contributed by atoms with E-state index in [1.807, 2.05) is 6.07 Å². The molecule has 1 rings (SSSR count). The summed E-state index contributed by atoms with van der Waals surface area (Å²) in [5, 5.41) is 14.2. The van der Waals surface area contributed by atoms with Crippen molar-refractivity contribution in [2.24, 2.45) is 0 Å². The average molecular weight is 182 g/mol. The maximum Gasteiger partial charge on any atom is 0.236 e. The molecule has 0 aliphatic carbocycles. The van der Waals surface area contributed by atoms with Crippen LogP contribution < -0.4 is 10.6 Å². The van der Waals surface area contributed by atoms with Gasteiger partial charge in [-0.1, -0.05) is 0 Å². The summed E-state index contributed by atoms with van der Waals surface area (Å²) >= 11 is 0. The summed E-state index contributed by atoms with van der Waals surface area (Å²) in [6, 6.07) is 1.93. The Kier molecular flexibility index (Phi) is 4.23. The van der Waals surface area contributed by atoms with Gasteiger partial charge in [0.05, 0.1) is 19.2 Å². The van der Waals surface area contributed by atoms with Crippen LogP contribution >= 0.6 is 0 Å². The van der Waals surface area contributed by atoms with Crippen molar-refractivity contribution < 1.29 is 4.79 Å². The van der Waals surface area contributed by atoms with E-state index < -0.39 is 0 Å². The molecule has 1 heterocycles. The molecule has 1 fully saturated rings. The lowest BCUT2D eigenvalue weighted by molar-refractivity contribution is -0.130. The minimum absolute atomic E-state index is 0.0803. The monoisotopic (exact) mass is 182 g/mol. The van der Waals surface area contributed by atoms with Crippen molar-refractivity contribution in [1.82, 2.24) is 15.5 Å². The van der Waals surface area contributed by atoms with E-state index in [0.717, 1.165) is 26.2 Å². The number of nitriles is 1. The molecule has 0 atom stereocenters. The molecule has 0 radical (unpaired) electrons. The first-order valence-electron chi connectivity index (χ1n) is 4.41. The van der Waals surface area contributed by atoms with Crippen LogP contribution in [0.1, 0.15) is 0 Å². The number of amides is 1. The highest BCUT2D eigenvalue weighted by Crippen LogP contribution is 1.91. The van der Waals surface area contributed by atoms with Crippen LogP contribution in [0.25, 0.3) is 0 Å². The van der Waals surface area contributed by atoms with E-state index in [0.29, 0.717) is 0 Å². The second kappa shape index (κ2) is 5.51. The van der Waals surface area contributed by atoms with Gasteiger partial charge in [-0.2, -0.15) is 5.26 Å². The quantitative estimate of drug-likeness (QED) is 0.413. The molecule has 1 saturated heterocycles. The molecular weight excluding hydrogens is 168 g/mol. The van der Waals surface area contributed by atoms with E-state index in [1.165, 1.54) is 0 Å². The Morgan fingerprint density at radius 3 is 2.85 bits per heavy atom. The smallest absolute Gasteiger partial charge is 0.236 e. The van der Waals surface area contributed by atoms with Gasteiger partial charge in [-0.25, -0.2) is 0 Å². The molecule has 5 nitrogen and oxygen atoms in total. The molecule has 0 spiro atoms. The van der Waals surface area contributed by atoms with Crippen LogP contribution in [0, 0.1) is 11.3 Å². The molecule has 0 aromatic carbocycles. The van der Waals surface area contributed by atoms with Crippen molar-refractivity contribution in [3.8, 4) is 6.07 Å². The van der Waals surface area contributed by atoms with Crippen molar-refractivity contribution in [3.05, 3.63) is 0 Å². The average Bonchev–Trinajstić information content (AvgIpc) is 2.19. The van der Waals surface area contributed by atoms with Gasteiger partial charge in [0.2, 0.25) is 5.91 Å². The Balaban J connectivity index is 2.18. The number of rotatable bonds is 3. The zero-order valence-electron chi connectivity index (χ0n) is 7.55. The van der Waals surface area contributed by atoms with Gasteiger partial charge in [0.15, 0.2) is 0 Å². The van der Waals surface area contributed by atoms with Crippen LogP contribution in [-0.2, 0) is 4.79 Å². The Morgan fingerprint density at radius 1 is 1.54 bits per heavy atom. The lowest BCUT2D eigenvalue weighted by Crippen LogP contribution is -2.49. The summed E-state index contributed by atoms with van der Waals surface area (Å²) in [6.45, 7) is 3.78. The molecule has 1 aliphatic rings. The molecule has 1 aliphatic heterocycles. The Hall–Kier alpha value is -1.12. The second-order valence-electron chi connectivity index (χ2n) is 2.89. The standard InChI is InChI=1S/C8H14N4O/c9-1-2-11-7-8(13)12-5-3-10-4-6-12/h10-11H,2-7H2. The predicted molar refractivity (Wildman–Crippen MR) is 47.9 cm³/mol. The van der Waals surface area contributed by atoms with Crippen LogP contribution in [0.3, 0.4) is 0 Å². The summed E-state index contributed by atoms with van der Waals surface area (Å²) in [5.74, 6) is 0.0803. The van der Waals surface area contributed by atoms with Gasteiger partial charge in [-0.15, -0.1) is 0 Å². The number of nitrogens with one attached hydrogen (secondary N) is 2. The van der Waals surface area contributed by atoms with Crippen molar-refractivity contribution in [1.29, 1.82) is 5.26 Å². The molecule has 72 valence electrons. The van der Waals surface area contributed by atoms with Crippen LogP contribution in [-0.4, -0.2) is 50.1 Å². The molecule has 0 saturated carbocycles. The minimum Gasteiger partial charge on any atom is -0.339 e. The van der Waals surface area contributed by atoms with E-state index in [-0.39, 0.29) is 19.0 Å². The second-order valence-corrected chi connectivity index (χ2v) is 2.89. The van der Waals surface area contributed by atoms with Crippen LogP contribution in [0.5, 0.6) is 0 Å². The van der Waals surface area contributed by atoms with Crippen LogP contribution in [0.15, 0.2) is 0 Å². The number of hydrogen-bond acceptors (Lipinski definition) is 4. The maximum atomic E-state index is 11.4. The summed E-state index contributed by atoms with van der Waals surface area (Å²) in [7, 11) is 0. The van der Waals surface area contributed by atoms with Gasteiger partial charge in [0, 0.05) is 26.2 Å². The third-order valence-corrected chi connectivity index (χ3v) is 1.95. The van der Waals surface area contributed by atoms with Crippen molar-refractivity contribution in [2.75, 3.05) is 39.3 Å². The molecule has 0 aromatic rings. The first-order chi connectivity index (χ1) is 6.34. The molecule has 13 heavy (non-hydrogen) atoms. The van der Waals surface area contributed by atoms with E-state index in [2.05, 4.69) is 10.6 Å². The lowest BCUT2D eigenvalue weighted by atomic mass is 10.3. The number of piperazine rings is 1. The predicted octanol–water partition coefficient (Wildman–Crippen LogP) is -1.47. The van der Waals surface area contributed by atoms with Gasteiger partial charge in [0.25, 0.3) is 0 Å². The molecular formula is C8H14N4O. The van der Waals surface area contributed by atoms with Gasteiger partial charge in [-0.3, -0.25) is 10.1 Å². The molecule has 0 bridgehead atoms. The zero-order valence-corrected chi connectivity index (χ0v) is 7.55.